The van der Waals surface area contributed by atoms with Gasteiger partial charge in [-0.15, -0.1) is 0 Å². The summed E-state index contributed by atoms with van der Waals surface area (Å²) in [4.78, 5) is 11.1. The molecule has 0 aromatic rings. The van der Waals surface area contributed by atoms with E-state index in [4.69, 9.17) is 9.47 Å². The maximum Gasteiger partial charge on any atom is 0.334 e. The first-order valence-electron chi connectivity index (χ1n) is 4.56. The second-order valence-corrected chi connectivity index (χ2v) is 3.74. The normalized spacial score (nSPS) is 12.5. The SMILES string of the molecule is CCOC(=O)C(C)OCCCCI. The molecule has 1 atom stereocenters. The Morgan fingerprint density at radius 3 is 2.69 bits per heavy atom. The smallest absolute Gasteiger partial charge is 0.334 e. The van der Waals surface area contributed by atoms with Crippen molar-refractivity contribution >= 4 is 28.6 Å². The van der Waals surface area contributed by atoms with Crippen LogP contribution in [0.1, 0.15) is 26.7 Å². The molecular formula is C9H17IO3. The van der Waals surface area contributed by atoms with Gasteiger partial charge in [-0.05, 0) is 31.1 Å². The summed E-state index contributed by atoms with van der Waals surface area (Å²) in [6, 6.07) is 0. The quantitative estimate of drug-likeness (QED) is 0.313. The van der Waals surface area contributed by atoms with Crippen molar-refractivity contribution in [1.29, 1.82) is 0 Å². The molecule has 0 radical (unpaired) electrons. The van der Waals surface area contributed by atoms with E-state index in [9.17, 15) is 4.79 Å². The molecule has 0 aliphatic rings. The predicted molar refractivity (Wildman–Crippen MR) is 60.2 cm³/mol. The maximum atomic E-state index is 11.1. The molecule has 0 saturated carbocycles. The summed E-state index contributed by atoms with van der Waals surface area (Å²) in [6.07, 6.45) is 1.72. The molecule has 13 heavy (non-hydrogen) atoms. The van der Waals surface area contributed by atoms with Gasteiger partial charge in [0.1, 0.15) is 0 Å². The zero-order valence-electron chi connectivity index (χ0n) is 8.22. The molecule has 0 amide bonds. The molecule has 0 N–H and O–H groups in total. The second kappa shape index (κ2) is 8.74. The Kier molecular flexibility index (Phi) is 8.85. The minimum absolute atomic E-state index is 0.267. The molecule has 0 heterocycles. The van der Waals surface area contributed by atoms with Gasteiger partial charge in [0.05, 0.1) is 6.61 Å². The van der Waals surface area contributed by atoms with E-state index < -0.39 is 6.10 Å². The average Bonchev–Trinajstić information content (AvgIpc) is 2.12. The van der Waals surface area contributed by atoms with E-state index >= 15 is 0 Å². The lowest BCUT2D eigenvalue weighted by Crippen LogP contribution is -2.23. The first kappa shape index (κ1) is 13.2. The van der Waals surface area contributed by atoms with E-state index in [0.717, 1.165) is 17.3 Å². The number of hydrogen-bond acceptors (Lipinski definition) is 3. The third kappa shape index (κ3) is 7.25. The number of rotatable bonds is 7. The molecule has 3 nitrogen and oxygen atoms in total. The fourth-order valence-corrected chi connectivity index (χ4v) is 1.32. The van der Waals surface area contributed by atoms with Crippen molar-refractivity contribution in [3.8, 4) is 0 Å². The Hall–Kier alpha value is 0.160. The highest BCUT2D eigenvalue weighted by Crippen LogP contribution is 1.99. The highest BCUT2D eigenvalue weighted by Gasteiger charge is 2.13. The van der Waals surface area contributed by atoms with Crippen LogP contribution in [-0.2, 0) is 14.3 Å². The van der Waals surface area contributed by atoms with E-state index in [1.807, 2.05) is 0 Å². The summed E-state index contributed by atoms with van der Waals surface area (Å²) in [5.41, 5.74) is 0. The highest BCUT2D eigenvalue weighted by molar-refractivity contribution is 14.1. The van der Waals surface area contributed by atoms with E-state index in [2.05, 4.69) is 22.6 Å². The van der Waals surface area contributed by atoms with Gasteiger partial charge in [0.2, 0.25) is 0 Å². The van der Waals surface area contributed by atoms with Crippen LogP contribution in [0.3, 0.4) is 0 Å². The van der Waals surface area contributed by atoms with Crippen molar-refractivity contribution in [2.45, 2.75) is 32.8 Å². The molecule has 0 spiro atoms. The van der Waals surface area contributed by atoms with Crippen molar-refractivity contribution in [3.63, 3.8) is 0 Å². The van der Waals surface area contributed by atoms with Crippen LogP contribution in [0.4, 0.5) is 0 Å². The number of alkyl halides is 1. The zero-order valence-corrected chi connectivity index (χ0v) is 10.4. The Morgan fingerprint density at radius 2 is 2.15 bits per heavy atom. The minimum atomic E-state index is -0.422. The fraction of sp³-hybridized carbons (Fsp3) is 0.889. The molecule has 0 fully saturated rings. The number of esters is 1. The lowest BCUT2D eigenvalue weighted by atomic mass is 10.3. The average molecular weight is 300 g/mol. The molecule has 0 aliphatic carbocycles. The molecule has 0 aromatic carbocycles. The molecule has 0 saturated heterocycles. The van der Waals surface area contributed by atoms with Crippen LogP contribution in [0, 0.1) is 0 Å². The Bertz CT molecular complexity index is 139. The summed E-state index contributed by atoms with van der Waals surface area (Å²) in [7, 11) is 0. The van der Waals surface area contributed by atoms with Crippen LogP contribution < -0.4 is 0 Å². The van der Waals surface area contributed by atoms with E-state index in [1.54, 1.807) is 13.8 Å². The van der Waals surface area contributed by atoms with Crippen LogP contribution in [0.25, 0.3) is 0 Å². The van der Waals surface area contributed by atoms with Gasteiger partial charge >= 0.3 is 5.97 Å². The van der Waals surface area contributed by atoms with Crippen LogP contribution in [-0.4, -0.2) is 29.7 Å². The van der Waals surface area contributed by atoms with Crippen molar-refractivity contribution in [2.75, 3.05) is 17.6 Å². The second-order valence-electron chi connectivity index (χ2n) is 2.66. The largest absolute Gasteiger partial charge is 0.464 e. The Balaban J connectivity index is 3.38. The van der Waals surface area contributed by atoms with Gasteiger partial charge in [-0.1, -0.05) is 22.6 Å². The van der Waals surface area contributed by atoms with Gasteiger partial charge in [0, 0.05) is 6.61 Å². The third-order valence-electron chi connectivity index (χ3n) is 1.51. The topological polar surface area (TPSA) is 35.5 Å². The van der Waals surface area contributed by atoms with Crippen molar-refractivity contribution in [1.82, 2.24) is 0 Å². The number of halogens is 1. The first-order chi connectivity index (χ1) is 6.22. The molecule has 1 unspecified atom stereocenters. The third-order valence-corrected chi connectivity index (χ3v) is 2.28. The van der Waals surface area contributed by atoms with E-state index in [1.165, 1.54) is 0 Å². The molecule has 0 aromatic heterocycles. The minimum Gasteiger partial charge on any atom is -0.464 e. The maximum absolute atomic E-state index is 11.1. The summed E-state index contributed by atoms with van der Waals surface area (Å²) in [6.45, 7) is 4.58. The highest BCUT2D eigenvalue weighted by atomic mass is 127. The van der Waals surface area contributed by atoms with Crippen molar-refractivity contribution in [2.24, 2.45) is 0 Å². The molecule has 4 heteroatoms. The van der Waals surface area contributed by atoms with Crippen LogP contribution in [0.5, 0.6) is 0 Å². The van der Waals surface area contributed by atoms with E-state index in [0.29, 0.717) is 13.2 Å². The van der Waals surface area contributed by atoms with Crippen molar-refractivity contribution in [3.05, 3.63) is 0 Å². The number of carbonyl (C=O) groups excluding carboxylic acids is 1. The lowest BCUT2D eigenvalue weighted by molar-refractivity contribution is -0.155. The monoisotopic (exact) mass is 300 g/mol. The van der Waals surface area contributed by atoms with Gasteiger partial charge in [-0.25, -0.2) is 4.79 Å². The standard InChI is InChI=1S/C9H17IO3/c1-3-12-9(11)8(2)13-7-5-4-6-10/h8H,3-7H2,1-2H3. The molecule has 0 aliphatic heterocycles. The van der Waals surface area contributed by atoms with Gasteiger partial charge in [-0.2, -0.15) is 0 Å². The zero-order chi connectivity index (χ0) is 10.1. The molecule has 0 bridgehead atoms. The number of carbonyl (C=O) groups is 1. The Morgan fingerprint density at radius 1 is 1.46 bits per heavy atom. The van der Waals surface area contributed by atoms with Crippen LogP contribution in [0.15, 0.2) is 0 Å². The lowest BCUT2D eigenvalue weighted by Gasteiger charge is -2.10. The van der Waals surface area contributed by atoms with Crippen molar-refractivity contribution < 1.29 is 14.3 Å². The van der Waals surface area contributed by atoms with Gasteiger partial charge in [0.25, 0.3) is 0 Å². The molecule has 0 rings (SSSR count). The first-order valence-corrected chi connectivity index (χ1v) is 6.09. The van der Waals surface area contributed by atoms with Gasteiger partial charge in [0.15, 0.2) is 6.10 Å². The number of hydrogen-bond donors (Lipinski definition) is 0. The number of unbranched alkanes of at least 4 members (excludes halogenated alkanes) is 1. The summed E-state index contributed by atoms with van der Waals surface area (Å²) >= 11 is 2.32. The Labute approximate surface area is 93.3 Å². The van der Waals surface area contributed by atoms with Crippen LogP contribution >= 0.6 is 22.6 Å². The molecule has 78 valence electrons. The fourth-order valence-electron chi connectivity index (χ4n) is 0.784. The van der Waals surface area contributed by atoms with Crippen LogP contribution in [0.2, 0.25) is 0 Å². The molecular weight excluding hydrogens is 283 g/mol. The predicted octanol–water partition coefficient (Wildman–Crippen LogP) is 2.17. The van der Waals surface area contributed by atoms with Gasteiger partial charge in [-0.3, -0.25) is 0 Å². The number of ether oxygens (including phenoxy) is 2. The summed E-state index contributed by atoms with van der Waals surface area (Å²) in [5.74, 6) is -0.267. The summed E-state index contributed by atoms with van der Waals surface area (Å²) in [5, 5.41) is 0. The summed E-state index contributed by atoms with van der Waals surface area (Å²) < 4.78 is 11.2. The van der Waals surface area contributed by atoms with E-state index in [-0.39, 0.29) is 5.97 Å². The van der Waals surface area contributed by atoms with Gasteiger partial charge < -0.3 is 9.47 Å².